The second-order valence-corrected chi connectivity index (χ2v) is 7.53. The van der Waals surface area contributed by atoms with Gasteiger partial charge in [-0.3, -0.25) is 0 Å². The van der Waals surface area contributed by atoms with Gasteiger partial charge in [0.1, 0.15) is 5.60 Å². The van der Waals surface area contributed by atoms with Crippen molar-refractivity contribution >= 4 is 5.97 Å². The molecule has 0 amide bonds. The Morgan fingerprint density at radius 2 is 1.60 bits per heavy atom. The van der Waals surface area contributed by atoms with E-state index in [1.807, 2.05) is 0 Å². The third-order valence-electron chi connectivity index (χ3n) is 4.25. The van der Waals surface area contributed by atoms with Crippen molar-refractivity contribution in [3.05, 3.63) is 12.2 Å². The van der Waals surface area contributed by atoms with Gasteiger partial charge < -0.3 is 4.74 Å². The lowest BCUT2D eigenvalue weighted by Crippen LogP contribution is -2.36. The topological polar surface area (TPSA) is 26.3 Å². The molecule has 1 rings (SSSR count). The molecule has 0 aliphatic heterocycles. The Morgan fingerprint density at radius 3 is 2.05 bits per heavy atom. The molecule has 2 nitrogen and oxygen atoms in total. The summed E-state index contributed by atoms with van der Waals surface area (Å²) in [5.74, 6) is -0.178. The lowest BCUT2D eigenvalue weighted by atomic mass is 9.84. The quantitative estimate of drug-likeness (QED) is 0.508. The van der Waals surface area contributed by atoms with E-state index in [-0.39, 0.29) is 17.0 Å². The molecule has 1 aliphatic rings. The lowest BCUT2D eigenvalue weighted by molar-refractivity contribution is -0.158. The van der Waals surface area contributed by atoms with Gasteiger partial charge in [-0.2, -0.15) is 0 Å². The van der Waals surface area contributed by atoms with Crippen molar-refractivity contribution < 1.29 is 9.53 Å². The highest BCUT2D eigenvalue weighted by Gasteiger charge is 2.33. The molecule has 0 heterocycles. The van der Waals surface area contributed by atoms with Crippen molar-refractivity contribution in [2.24, 2.45) is 5.41 Å². The van der Waals surface area contributed by atoms with Gasteiger partial charge in [-0.25, -0.2) is 4.79 Å². The zero-order valence-corrected chi connectivity index (χ0v) is 13.9. The maximum Gasteiger partial charge on any atom is 0.333 e. The van der Waals surface area contributed by atoms with Crippen molar-refractivity contribution in [2.75, 3.05) is 0 Å². The standard InChI is InChI=1S/C18H32O2/c1-6-18(12-10-8-7-9-11-13-18)20-16(19)15(2)14-17(3,4)5/h2,6-14H2,1,3-5H3. The van der Waals surface area contributed by atoms with E-state index in [1.165, 1.54) is 32.1 Å². The van der Waals surface area contributed by atoms with Gasteiger partial charge in [-0.05, 0) is 43.9 Å². The molecule has 0 N–H and O–H groups in total. The fraction of sp³-hybridized carbons (Fsp3) is 0.833. The van der Waals surface area contributed by atoms with Crippen molar-refractivity contribution in [3.8, 4) is 0 Å². The van der Waals surface area contributed by atoms with E-state index in [0.29, 0.717) is 12.0 Å². The van der Waals surface area contributed by atoms with Crippen LogP contribution < -0.4 is 0 Å². The second kappa shape index (κ2) is 7.28. The van der Waals surface area contributed by atoms with E-state index in [2.05, 4.69) is 34.3 Å². The predicted octanol–water partition coefficient (Wildman–Crippen LogP) is 5.42. The maximum absolute atomic E-state index is 12.3. The Bertz CT molecular complexity index is 328. The second-order valence-electron chi connectivity index (χ2n) is 7.53. The van der Waals surface area contributed by atoms with Crippen molar-refractivity contribution in [2.45, 2.75) is 91.1 Å². The SMILES string of the molecule is C=C(CC(C)(C)C)C(=O)OC1(CC)CCCCCCC1. The van der Waals surface area contributed by atoms with Gasteiger partial charge >= 0.3 is 5.97 Å². The van der Waals surface area contributed by atoms with E-state index in [0.717, 1.165) is 19.3 Å². The molecule has 0 atom stereocenters. The summed E-state index contributed by atoms with van der Waals surface area (Å²) < 4.78 is 5.93. The smallest absolute Gasteiger partial charge is 0.333 e. The van der Waals surface area contributed by atoms with Crippen molar-refractivity contribution in [1.82, 2.24) is 0 Å². The highest BCUT2D eigenvalue weighted by atomic mass is 16.6. The fourth-order valence-electron chi connectivity index (χ4n) is 3.06. The third kappa shape index (κ3) is 5.68. The predicted molar refractivity (Wildman–Crippen MR) is 84.6 cm³/mol. The third-order valence-corrected chi connectivity index (χ3v) is 4.25. The molecule has 0 unspecified atom stereocenters. The lowest BCUT2D eigenvalue weighted by Gasteiger charge is -2.35. The molecule has 1 aliphatic carbocycles. The van der Waals surface area contributed by atoms with Crippen molar-refractivity contribution in [1.29, 1.82) is 0 Å². The Labute approximate surface area is 125 Å². The Morgan fingerprint density at radius 1 is 1.10 bits per heavy atom. The molecule has 0 aromatic rings. The number of carbonyl (C=O) groups excluding carboxylic acids is 1. The number of esters is 1. The molecule has 1 fully saturated rings. The molecule has 0 bridgehead atoms. The number of hydrogen-bond acceptors (Lipinski definition) is 2. The fourth-order valence-corrected chi connectivity index (χ4v) is 3.06. The zero-order chi connectivity index (χ0) is 15.2. The highest BCUT2D eigenvalue weighted by molar-refractivity contribution is 5.88. The minimum Gasteiger partial charge on any atom is -0.456 e. The van der Waals surface area contributed by atoms with E-state index < -0.39 is 0 Å². The van der Waals surface area contributed by atoms with Crippen LogP contribution in [0, 0.1) is 5.41 Å². The first kappa shape index (κ1) is 17.3. The van der Waals surface area contributed by atoms with Crippen LogP contribution in [-0.2, 0) is 9.53 Å². The van der Waals surface area contributed by atoms with Gasteiger partial charge in [0, 0.05) is 5.57 Å². The minimum atomic E-state index is -0.238. The molecule has 20 heavy (non-hydrogen) atoms. The number of hydrogen-bond donors (Lipinski definition) is 0. The van der Waals surface area contributed by atoms with Crippen LogP contribution in [0.3, 0.4) is 0 Å². The van der Waals surface area contributed by atoms with Gasteiger partial charge in [0.25, 0.3) is 0 Å². The van der Waals surface area contributed by atoms with Crippen LogP contribution in [0.2, 0.25) is 0 Å². The summed E-state index contributed by atoms with van der Waals surface area (Å²) in [6.45, 7) is 12.4. The maximum atomic E-state index is 12.3. The molecule has 0 saturated heterocycles. The summed E-state index contributed by atoms with van der Waals surface area (Å²) in [4.78, 5) is 12.3. The van der Waals surface area contributed by atoms with Crippen LogP contribution in [-0.4, -0.2) is 11.6 Å². The Balaban J connectivity index is 2.65. The molecular weight excluding hydrogens is 248 g/mol. The first-order valence-electron chi connectivity index (χ1n) is 8.19. The van der Waals surface area contributed by atoms with Crippen LogP contribution in [0.5, 0.6) is 0 Å². The van der Waals surface area contributed by atoms with Crippen LogP contribution in [0.15, 0.2) is 12.2 Å². The number of ether oxygens (including phenoxy) is 1. The molecule has 2 heteroatoms. The van der Waals surface area contributed by atoms with Gasteiger partial charge in [0.15, 0.2) is 0 Å². The Hall–Kier alpha value is -0.790. The summed E-state index contributed by atoms with van der Waals surface area (Å²) in [6, 6.07) is 0. The van der Waals surface area contributed by atoms with Gasteiger partial charge in [-0.1, -0.05) is 53.5 Å². The summed E-state index contributed by atoms with van der Waals surface area (Å²) in [7, 11) is 0. The first-order chi connectivity index (χ1) is 9.28. The monoisotopic (exact) mass is 280 g/mol. The normalized spacial score (nSPS) is 19.8. The van der Waals surface area contributed by atoms with Crippen LogP contribution in [0.4, 0.5) is 0 Å². The molecule has 0 aromatic heterocycles. The Kier molecular flexibility index (Phi) is 6.29. The van der Waals surface area contributed by atoms with E-state index in [1.54, 1.807) is 0 Å². The van der Waals surface area contributed by atoms with Crippen LogP contribution in [0.1, 0.15) is 85.5 Å². The number of carbonyl (C=O) groups is 1. The average molecular weight is 280 g/mol. The van der Waals surface area contributed by atoms with Gasteiger partial charge in [0.05, 0.1) is 0 Å². The van der Waals surface area contributed by atoms with E-state index >= 15 is 0 Å². The van der Waals surface area contributed by atoms with Gasteiger partial charge in [-0.15, -0.1) is 0 Å². The summed E-state index contributed by atoms with van der Waals surface area (Å²) >= 11 is 0. The summed E-state index contributed by atoms with van der Waals surface area (Å²) in [5.41, 5.74) is 0.460. The van der Waals surface area contributed by atoms with E-state index in [9.17, 15) is 4.79 Å². The molecule has 0 radical (unpaired) electrons. The molecule has 0 spiro atoms. The average Bonchev–Trinajstić information content (AvgIpc) is 2.30. The van der Waals surface area contributed by atoms with Gasteiger partial charge in [0.2, 0.25) is 0 Å². The molecular formula is C18H32O2. The molecule has 116 valence electrons. The largest absolute Gasteiger partial charge is 0.456 e. The summed E-state index contributed by atoms with van der Waals surface area (Å²) in [6.07, 6.45) is 9.85. The molecule has 0 aromatic carbocycles. The summed E-state index contributed by atoms with van der Waals surface area (Å²) in [5, 5.41) is 0. The zero-order valence-electron chi connectivity index (χ0n) is 13.9. The van der Waals surface area contributed by atoms with Crippen LogP contribution in [0.25, 0.3) is 0 Å². The number of rotatable bonds is 4. The van der Waals surface area contributed by atoms with Crippen molar-refractivity contribution in [3.63, 3.8) is 0 Å². The van der Waals surface area contributed by atoms with Crippen LogP contribution >= 0.6 is 0 Å². The highest BCUT2D eigenvalue weighted by Crippen LogP contribution is 2.34. The molecule has 1 saturated carbocycles. The van der Waals surface area contributed by atoms with E-state index in [4.69, 9.17) is 4.74 Å². The first-order valence-corrected chi connectivity index (χ1v) is 8.19. The minimum absolute atomic E-state index is 0.0798.